The van der Waals surface area contributed by atoms with Crippen molar-refractivity contribution in [3.05, 3.63) is 72.1 Å². The van der Waals surface area contributed by atoms with Crippen LogP contribution in [0.5, 0.6) is 0 Å². The van der Waals surface area contributed by atoms with Crippen LogP contribution in [0.2, 0.25) is 0 Å². The largest absolute Gasteiger partial charge is 0.338 e. The van der Waals surface area contributed by atoms with Gasteiger partial charge in [0, 0.05) is 31.9 Å². The van der Waals surface area contributed by atoms with Gasteiger partial charge >= 0.3 is 0 Å². The zero-order chi connectivity index (χ0) is 16.6. The molecule has 1 amide bonds. The van der Waals surface area contributed by atoms with E-state index in [4.69, 9.17) is 0 Å². The van der Waals surface area contributed by atoms with Gasteiger partial charge in [-0.1, -0.05) is 42.5 Å². The van der Waals surface area contributed by atoms with Crippen LogP contribution in [0.3, 0.4) is 0 Å². The molecule has 4 rings (SSSR count). The number of alkyl halides is 1. The highest BCUT2D eigenvalue weighted by atomic mass is 19.1. The summed E-state index contributed by atoms with van der Waals surface area (Å²) in [7, 11) is 0. The average molecular weight is 322 g/mol. The minimum absolute atomic E-state index is 0.0733. The van der Waals surface area contributed by atoms with Gasteiger partial charge in [0.15, 0.2) is 0 Å². The highest BCUT2D eigenvalue weighted by molar-refractivity contribution is 5.86. The Morgan fingerprint density at radius 2 is 2.04 bits per heavy atom. The maximum atomic E-state index is 15.1. The van der Waals surface area contributed by atoms with Crippen LogP contribution in [0.25, 0.3) is 5.57 Å². The first-order valence-corrected chi connectivity index (χ1v) is 8.31. The maximum Gasteiger partial charge on any atom is 0.229 e. The number of amides is 1. The molecule has 1 aliphatic heterocycles. The summed E-state index contributed by atoms with van der Waals surface area (Å²) in [5, 5.41) is 0. The third kappa shape index (κ3) is 2.62. The molecule has 122 valence electrons. The third-order valence-corrected chi connectivity index (χ3v) is 4.94. The van der Waals surface area contributed by atoms with Crippen molar-refractivity contribution in [2.24, 2.45) is 5.92 Å². The molecular formula is C20H19FN2O. The molecule has 2 aliphatic rings. The van der Waals surface area contributed by atoms with Crippen molar-refractivity contribution < 1.29 is 9.18 Å². The first kappa shape index (κ1) is 15.1. The molecule has 2 heterocycles. The van der Waals surface area contributed by atoms with E-state index < -0.39 is 11.6 Å². The van der Waals surface area contributed by atoms with Gasteiger partial charge in [-0.3, -0.25) is 9.78 Å². The standard InChI is InChI=1S/C20H19FN2O/c21-20(17-8-2-1-3-9-17)12-18(20)19(24)23-11-5-7-16(14-23)15-6-4-10-22-13-15/h1-4,6-10,13,18H,5,11-12,14H2. The number of carbonyl (C=O) groups is 1. The molecule has 1 fully saturated rings. The molecule has 2 atom stereocenters. The molecule has 3 nitrogen and oxygen atoms in total. The first-order chi connectivity index (χ1) is 11.7. The topological polar surface area (TPSA) is 33.2 Å². The molecule has 2 unspecified atom stereocenters. The maximum absolute atomic E-state index is 15.1. The van der Waals surface area contributed by atoms with E-state index >= 15 is 4.39 Å². The predicted molar refractivity (Wildman–Crippen MR) is 90.7 cm³/mol. The summed E-state index contributed by atoms with van der Waals surface area (Å²) < 4.78 is 15.1. The van der Waals surface area contributed by atoms with E-state index in [9.17, 15) is 4.79 Å². The van der Waals surface area contributed by atoms with Gasteiger partial charge in [-0.25, -0.2) is 4.39 Å². The highest BCUT2D eigenvalue weighted by Gasteiger charge is 2.61. The van der Waals surface area contributed by atoms with E-state index in [1.165, 1.54) is 0 Å². The molecule has 0 bridgehead atoms. The van der Waals surface area contributed by atoms with Crippen LogP contribution in [0.15, 0.2) is 60.9 Å². The summed E-state index contributed by atoms with van der Waals surface area (Å²) in [5.74, 6) is -0.621. The van der Waals surface area contributed by atoms with E-state index in [-0.39, 0.29) is 12.3 Å². The Kier molecular flexibility index (Phi) is 3.68. The summed E-state index contributed by atoms with van der Waals surface area (Å²) in [4.78, 5) is 18.7. The Balaban J connectivity index is 1.48. The smallest absolute Gasteiger partial charge is 0.229 e. The number of rotatable bonds is 3. The second kappa shape index (κ2) is 5.86. The van der Waals surface area contributed by atoms with Crippen LogP contribution in [0.1, 0.15) is 24.0 Å². The van der Waals surface area contributed by atoms with Gasteiger partial charge < -0.3 is 4.90 Å². The Morgan fingerprint density at radius 1 is 1.21 bits per heavy atom. The molecule has 1 aromatic heterocycles. The number of carbonyl (C=O) groups excluding carboxylic acids is 1. The van der Waals surface area contributed by atoms with Gasteiger partial charge in [-0.15, -0.1) is 0 Å². The Morgan fingerprint density at radius 3 is 2.79 bits per heavy atom. The molecule has 24 heavy (non-hydrogen) atoms. The minimum Gasteiger partial charge on any atom is -0.338 e. The number of pyridine rings is 1. The number of nitrogens with zero attached hydrogens (tertiary/aromatic N) is 2. The van der Waals surface area contributed by atoms with Crippen molar-refractivity contribution in [2.45, 2.75) is 18.5 Å². The van der Waals surface area contributed by atoms with Crippen molar-refractivity contribution in [1.29, 1.82) is 0 Å². The second-order valence-corrected chi connectivity index (χ2v) is 6.50. The van der Waals surface area contributed by atoms with Gasteiger partial charge in [0.25, 0.3) is 0 Å². The van der Waals surface area contributed by atoms with Crippen LogP contribution in [0, 0.1) is 5.92 Å². The number of hydrogen-bond donors (Lipinski definition) is 0. The molecular weight excluding hydrogens is 303 g/mol. The van der Waals surface area contributed by atoms with Crippen molar-refractivity contribution in [3.63, 3.8) is 0 Å². The monoisotopic (exact) mass is 322 g/mol. The van der Waals surface area contributed by atoms with Crippen LogP contribution in [0.4, 0.5) is 4.39 Å². The second-order valence-electron chi connectivity index (χ2n) is 6.50. The van der Waals surface area contributed by atoms with Crippen molar-refractivity contribution in [3.8, 4) is 0 Å². The molecule has 2 aromatic rings. The number of aromatic nitrogens is 1. The van der Waals surface area contributed by atoms with E-state index in [2.05, 4.69) is 11.1 Å². The molecule has 0 saturated heterocycles. The molecule has 0 N–H and O–H groups in total. The number of hydrogen-bond acceptors (Lipinski definition) is 2. The lowest BCUT2D eigenvalue weighted by atomic mass is 10.0. The quantitative estimate of drug-likeness (QED) is 0.865. The Hall–Kier alpha value is -2.49. The lowest BCUT2D eigenvalue weighted by molar-refractivity contribution is -0.133. The SMILES string of the molecule is O=C(C1CC1(F)c1ccccc1)N1CCC=C(c2cccnc2)C1. The minimum atomic E-state index is -1.49. The predicted octanol–water partition coefficient (Wildman–Crippen LogP) is 3.58. The van der Waals surface area contributed by atoms with Crippen LogP contribution >= 0.6 is 0 Å². The molecule has 1 aliphatic carbocycles. The van der Waals surface area contributed by atoms with Crippen LogP contribution in [-0.4, -0.2) is 28.9 Å². The number of halogens is 1. The summed E-state index contributed by atoms with van der Waals surface area (Å²) in [5.41, 5.74) is 1.24. The number of benzene rings is 1. The molecule has 1 aromatic carbocycles. The molecule has 0 spiro atoms. The van der Waals surface area contributed by atoms with Crippen molar-refractivity contribution >= 4 is 11.5 Å². The van der Waals surface area contributed by atoms with Gasteiger partial charge in [0.2, 0.25) is 5.91 Å². The zero-order valence-corrected chi connectivity index (χ0v) is 13.4. The average Bonchev–Trinajstić information content (AvgIpc) is 3.36. The van der Waals surface area contributed by atoms with Crippen molar-refractivity contribution in [2.75, 3.05) is 13.1 Å². The Bertz CT molecular complexity index is 775. The van der Waals surface area contributed by atoms with Crippen LogP contribution in [-0.2, 0) is 10.5 Å². The fourth-order valence-electron chi connectivity index (χ4n) is 3.47. The highest BCUT2D eigenvalue weighted by Crippen LogP contribution is 2.56. The van der Waals surface area contributed by atoms with E-state index in [0.717, 1.165) is 17.6 Å². The third-order valence-electron chi connectivity index (χ3n) is 4.94. The summed E-state index contributed by atoms with van der Waals surface area (Å²) in [6.07, 6.45) is 6.77. The normalized spacial score (nSPS) is 26.0. The first-order valence-electron chi connectivity index (χ1n) is 8.31. The van der Waals surface area contributed by atoms with Gasteiger partial charge in [-0.05, 0) is 29.2 Å². The van der Waals surface area contributed by atoms with E-state index in [1.54, 1.807) is 29.4 Å². The fourth-order valence-corrected chi connectivity index (χ4v) is 3.47. The van der Waals surface area contributed by atoms with Gasteiger partial charge in [0.1, 0.15) is 5.67 Å². The Labute approximate surface area is 140 Å². The van der Waals surface area contributed by atoms with Crippen molar-refractivity contribution in [1.82, 2.24) is 9.88 Å². The van der Waals surface area contributed by atoms with E-state index in [0.29, 0.717) is 18.7 Å². The summed E-state index contributed by atoms with van der Waals surface area (Å²) in [6, 6.07) is 12.9. The van der Waals surface area contributed by atoms with Gasteiger partial charge in [0.05, 0.1) is 5.92 Å². The van der Waals surface area contributed by atoms with E-state index in [1.807, 2.05) is 30.3 Å². The lowest BCUT2D eigenvalue weighted by Crippen LogP contribution is -2.37. The summed E-state index contributed by atoms with van der Waals surface area (Å²) in [6.45, 7) is 1.19. The molecule has 1 saturated carbocycles. The van der Waals surface area contributed by atoms with Gasteiger partial charge in [-0.2, -0.15) is 0 Å². The molecule has 0 radical (unpaired) electrons. The fraction of sp³-hybridized carbons (Fsp3) is 0.300. The molecule has 4 heteroatoms. The lowest BCUT2D eigenvalue weighted by Gasteiger charge is -2.28. The van der Waals surface area contributed by atoms with Crippen LogP contribution < -0.4 is 0 Å². The summed E-state index contributed by atoms with van der Waals surface area (Å²) >= 11 is 0. The zero-order valence-electron chi connectivity index (χ0n) is 13.4.